The molecule has 6 heteroatoms. The van der Waals surface area contributed by atoms with E-state index in [9.17, 15) is 14.4 Å². The van der Waals surface area contributed by atoms with Crippen LogP contribution >= 0.6 is 0 Å². The molecule has 136 valence electrons. The van der Waals surface area contributed by atoms with E-state index in [1.54, 1.807) is 0 Å². The van der Waals surface area contributed by atoms with Crippen LogP contribution in [0.5, 0.6) is 0 Å². The van der Waals surface area contributed by atoms with Gasteiger partial charge < -0.3 is 15.0 Å². The van der Waals surface area contributed by atoms with Crippen LogP contribution in [0.25, 0.3) is 0 Å². The average Bonchev–Trinajstić information content (AvgIpc) is 2.59. The minimum Gasteiger partial charge on any atom is -0.376 e. The van der Waals surface area contributed by atoms with Gasteiger partial charge in [0, 0.05) is 24.2 Å². The minimum absolute atomic E-state index is 0.0000319. The summed E-state index contributed by atoms with van der Waals surface area (Å²) in [5, 5.41) is 2.72. The molecular formula is C19H26N2O4. The molecule has 0 aliphatic heterocycles. The molecule has 0 spiro atoms. The lowest BCUT2D eigenvalue weighted by Crippen LogP contribution is -2.35. The number of fused-ring (bicyclic) bond motifs is 1. The number of Topliss-reactive ketones (excluding diaryl/α,β-unsaturated/α-hetero) is 1. The Balaban J connectivity index is 1.55. The summed E-state index contributed by atoms with van der Waals surface area (Å²) in [6.45, 7) is 2.99. The number of aromatic amines is 1. The van der Waals surface area contributed by atoms with E-state index < -0.39 is 11.5 Å². The first kappa shape index (κ1) is 17.9. The summed E-state index contributed by atoms with van der Waals surface area (Å²) < 4.78 is 5.86. The molecule has 1 amide bonds. The van der Waals surface area contributed by atoms with E-state index in [-0.39, 0.29) is 17.5 Å². The smallest absolute Gasteiger partial charge is 0.261 e. The third-order valence-electron chi connectivity index (χ3n) is 5.25. The maximum Gasteiger partial charge on any atom is 0.261 e. The van der Waals surface area contributed by atoms with Crippen molar-refractivity contribution in [2.45, 2.75) is 58.0 Å². The molecule has 6 nitrogen and oxygen atoms in total. The van der Waals surface area contributed by atoms with Crippen molar-refractivity contribution in [1.82, 2.24) is 10.3 Å². The fraction of sp³-hybridized carbons (Fsp3) is 0.632. The van der Waals surface area contributed by atoms with E-state index in [0.29, 0.717) is 43.2 Å². The van der Waals surface area contributed by atoms with Gasteiger partial charge in [-0.05, 0) is 37.7 Å². The molecule has 0 radical (unpaired) electrons. The zero-order chi connectivity index (χ0) is 17.8. The lowest BCUT2D eigenvalue weighted by atomic mass is 9.88. The highest BCUT2D eigenvalue weighted by Crippen LogP contribution is 2.26. The largest absolute Gasteiger partial charge is 0.376 e. The molecular weight excluding hydrogens is 320 g/mol. The van der Waals surface area contributed by atoms with E-state index in [4.69, 9.17) is 4.74 Å². The molecule has 3 rings (SSSR count). The molecule has 2 atom stereocenters. The summed E-state index contributed by atoms with van der Waals surface area (Å²) in [6, 6.07) is 1.44. The number of pyridine rings is 1. The van der Waals surface area contributed by atoms with Crippen molar-refractivity contribution in [1.29, 1.82) is 0 Å². The van der Waals surface area contributed by atoms with Crippen LogP contribution in [0.15, 0.2) is 10.9 Å². The zero-order valence-corrected chi connectivity index (χ0v) is 14.7. The molecule has 1 fully saturated rings. The molecule has 2 aliphatic carbocycles. The summed E-state index contributed by atoms with van der Waals surface area (Å²) >= 11 is 0. The first-order valence-electron chi connectivity index (χ1n) is 9.25. The standard InChI is InChI=1S/C19H26N2O4/c1-12-5-2-3-8-17(12)25-10-9-20-18(23)14-11-13-15(21-19(14)24)6-4-7-16(13)22/h11-12,17H,2-10H2,1H3,(H,20,23)(H,21,24)/t12-,17+/m1/s1. The minimum atomic E-state index is -0.456. The number of ether oxygens (including phenoxy) is 1. The third-order valence-corrected chi connectivity index (χ3v) is 5.25. The van der Waals surface area contributed by atoms with Crippen LogP contribution in [0, 0.1) is 5.92 Å². The summed E-state index contributed by atoms with van der Waals surface area (Å²) in [7, 11) is 0. The van der Waals surface area contributed by atoms with Crippen molar-refractivity contribution < 1.29 is 14.3 Å². The average molecular weight is 346 g/mol. The number of carbonyl (C=O) groups is 2. The highest BCUT2D eigenvalue weighted by Gasteiger charge is 2.23. The fourth-order valence-electron chi connectivity index (χ4n) is 3.74. The number of H-pyrrole nitrogens is 1. The first-order valence-corrected chi connectivity index (χ1v) is 9.25. The van der Waals surface area contributed by atoms with E-state index in [2.05, 4.69) is 17.2 Å². The van der Waals surface area contributed by atoms with Gasteiger partial charge in [-0.2, -0.15) is 0 Å². The van der Waals surface area contributed by atoms with E-state index >= 15 is 0 Å². The quantitative estimate of drug-likeness (QED) is 0.800. The van der Waals surface area contributed by atoms with Crippen LogP contribution in [0.2, 0.25) is 0 Å². The van der Waals surface area contributed by atoms with Gasteiger partial charge in [-0.25, -0.2) is 0 Å². The zero-order valence-electron chi connectivity index (χ0n) is 14.7. The Morgan fingerprint density at radius 1 is 1.24 bits per heavy atom. The Morgan fingerprint density at radius 2 is 2.04 bits per heavy atom. The van der Waals surface area contributed by atoms with Gasteiger partial charge in [0.15, 0.2) is 5.78 Å². The molecule has 0 bridgehead atoms. The maximum atomic E-state index is 12.3. The topological polar surface area (TPSA) is 88.3 Å². The molecule has 2 N–H and O–H groups in total. The molecule has 1 aromatic heterocycles. The number of hydrogen-bond acceptors (Lipinski definition) is 4. The van der Waals surface area contributed by atoms with Crippen molar-refractivity contribution in [3.63, 3.8) is 0 Å². The monoisotopic (exact) mass is 346 g/mol. The fourth-order valence-corrected chi connectivity index (χ4v) is 3.74. The molecule has 1 saturated carbocycles. The predicted molar refractivity (Wildman–Crippen MR) is 94.0 cm³/mol. The second-order valence-corrected chi connectivity index (χ2v) is 7.11. The number of hydrogen-bond donors (Lipinski definition) is 2. The summed E-state index contributed by atoms with van der Waals surface area (Å²) in [6.07, 6.45) is 6.86. The number of aromatic nitrogens is 1. The number of amides is 1. The van der Waals surface area contributed by atoms with Gasteiger partial charge in [-0.1, -0.05) is 19.8 Å². The van der Waals surface area contributed by atoms with Crippen molar-refractivity contribution >= 4 is 11.7 Å². The van der Waals surface area contributed by atoms with Gasteiger partial charge in [0.1, 0.15) is 5.56 Å². The van der Waals surface area contributed by atoms with Gasteiger partial charge in [0.05, 0.1) is 12.7 Å². The Labute approximate surface area is 147 Å². The number of nitrogens with one attached hydrogen (secondary N) is 2. The van der Waals surface area contributed by atoms with Gasteiger partial charge in [0.2, 0.25) is 0 Å². The number of aryl methyl sites for hydroxylation is 1. The van der Waals surface area contributed by atoms with Crippen molar-refractivity contribution in [2.75, 3.05) is 13.2 Å². The second-order valence-electron chi connectivity index (χ2n) is 7.11. The normalized spacial score (nSPS) is 23.2. The molecule has 25 heavy (non-hydrogen) atoms. The highest BCUT2D eigenvalue weighted by molar-refractivity contribution is 6.01. The van der Waals surface area contributed by atoms with Gasteiger partial charge >= 0.3 is 0 Å². The molecule has 1 heterocycles. The van der Waals surface area contributed by atoms with Crippen LogP contribution in [0.3, 0.4) is 0 Å². The number of rotatable bonds is 5. The Hall–Kier alpha value is -1.95. The maximum absolute atomic E-state index is 12.3. The molecule has 0 unspecified atom stereocenters. The van der Waals surface area contributed by atoms with Crippen LogP contribution < -0.4 is 10.9 Å². The van der Waals surface area contributed by atoms with E-state index in [0.717, 1.165) is 12.8 Å². The van der Waals surface area contributed by atoms with E-state index in [1.807, 2.05) is 0 Å². The Morgan fingerprint density at radius 3 is 2.84 bits per heavy atom. The summed E-state index contributed by atoms with van der Waals surface area (Å²) in [5.74, 6) is 0.0860. The van der Waals surface area contributed by atoms with Gasteiger partial charge in [0.25, 0.3) is 11.5 Å². The van der Waals surface area contributed by atoms with Gasteiger partial charge in [-0.15, -0.1) is 0 Å². The summed E-state index contributed by atoms with van der Waals surface area (Å²) in [5.41, 5.74) is 0.684. The lowest BCUT2D eigenvalue weighted by Gasteiger charge is -2.28. The Kier molecular flexibility index (Phi) is 5.68. The second kappa shape index (κ2) is 7.95. The summed E-state index contributed by atoms with van der Waals surface area (Å²) in [4.78, 5) is 39.0. The predicted octanol–water partition coefficient (Wildman–Crippen LogP) is 2.22. The lowest BCUT2D eigenvalue weighted by molar-refractivity contribution is -0.00294. The third kappa shape index (κ3) is 4.18. The SMILES string of the molecule is C[C@@H]1CCCC[C@@H]1OCCNC(=O)c1cc2c([nH]c1=O)CCCC2=O. The number of ketones is 1. The molecule has 1 aromatic rings. The Bertz CT molecular complexity index is 710. The van der Waals surface area contributed by atoms with Crippen LogP contribution in [-0.4, -0.2) is 35.9 Å². The van der Waals surface area contributed by atoms with Crippen molar-refractivity contribution in [3.8, 4) is 0 Å². The van der Waals surface area contributed by atoms with Gasteiger partial charge in [-0.3, -0.25) is 14.4 Å². The molecule has 0 aromatic carbocycles. The highest BCUT2D eigenvalue weighted by atomic mass is 16.5. The van der Waals surface area contributed by atoms with Crippen LogP contribution in [0.4, 0.5) is 0 Å². The van der Waals surface area contributed by atoms with Crippen LogP contribution in [-0.2, 0) is 11.2 Å². The van der Waals surface area contributed by atoms with E-state index in [1.165, 1.54) is 25.3 Å². The molecule has 0 saturated heterocycles. The molecule has 2 aliphatic rings. The van der Waals surface area contributed by atoms with Crippen molar-refractivity contribution in [2.24, 2.45) is 5.92 Å². The van der Waals surface area contributed by atoms with Crippen molar-refractivity contribution in [3.05, 3.63) is 33.2 Å². The number of carbonyl (C=O) groups excluding carboxylic acids is 2. The van der Waals surface area contributed by atoms with Crippen LogP contribution in [0.1, 0.15) is 71.9 Å². The first-order chi connectivity index (χ1) is 12.1.